The second-order valence-electron chi connectivity index (χ2n) is 7.13. The Bertz CT molecular complexity index is 929. The first-order valence-electron chi connectivity index (χ1n) is 9.79. The molecule has 2 aromatic rings. The van der Waals surface area contributed by atoms with Crippen molar-refractivity contribution in [3.05, 3.63) is 69.5 Å². The first-order valence-corrected chi connectivity index (χ1v) is 11.9. The van der Waals surface area contributed by atoms with Gasteiger partial charge in [0.25, 0.3) is 5.91 Å². The van der Waals surface area contributed by atoms with Gasteiger partial charge in [-0.2, -0.15) is 11.8 Å². The Morgan fingerprint density at radius 3 is 2.68 bits per heavy atom. The number of ether oxygens (including phenoxy) is 1. The Morgan fingerprint density at radius 2 is 2.00 bits per heavy atom. The third-order valence-electron chi connectivity index (χ3n) is 5.01. The minimum Gasteiger partial charge on any atom is -0.370 e. The zero-order valence-electron chi connectivity index (χ0n) is 16.9. The quantitative estimate of drug-likeness (QED) is 0.624. The van der Waals surface area contributed by atoms with Crippen molar-refractivity contribution in [2.24, 2.45) is 0 Å². The Labute approximate surface area is 195 Å². The zero-order chi connectivity index (χ0) is 22.4. The smallest absolute Gasteiger partial charge is 0.253 e. The summed E-state index contributed by atoms with van der Waals surface area (Å²) in [6.07, 6.45) is 2.08. The zero-order valence-corrected chi connectivity index (χ0v) is 19.3. The monoisotopic (exact) mass is 484 g/mol. The molecule has 2 unspecified atom stereocenters. The maximum Gasteiger partial charge on any atom is 0.253 e. The van der Waals surface area contributed by atoms with Crippen LogP contribution in [0.5, 0.6) is 0 Å². The summed E-state index contributed by atoms with van der Waals surface area (Å²) in [7, 11) is 0. The highest BCUT2D eigenvalue weighted by molar-refractivity contribution is 7.98. The van der Waals surface area contributed by atoms with Crippen LogP contribution in [0.4, 0.5) is 4.39 Å². The van der Waals surface area contributed by atoms with E-state index in [-0.39, 0.29) is 28.4 Å². The molecule has 0 saturated carbocycles. The molecule has 0 radical (unpaired) electrons. The van der Waals surface area contributed by atoms with Crippen molar-refractivity contribution < 1.29 is 18.7 Å². The van der Waals surface area contributed by atoms with Gasteiger partial charge < -0.3 is 15.0 Å². The standard InChI is InChI=1S/C22H23Cl2FN2O3S/c1-31-11-8-19(26-21(28)17-7-4-15(23)12-18(17)24)22(29)27-9-10-30-20(13-27)14-2-5-16(25)6-3-14/h2-7,12,19-20H,8-11,13H2,1H3,(H,26,28). The summed E-state index contributed by atoms with van der Waals surface area (Å²) in [5.74, 6) is -0.225. The molecule has 2 atom stereocenters. The van der Waals surface area contributed by atoms with Gasteiger partial charge in [-0.1, -0.05) is 35.3 Å². The van der Waals surface area contributed by atoms with Crippen LogP contribution in [0.3, 0.4) is 0 Å². The first-order chi connectivity index (χ1) is 14.9. The Hall–Kier alpha value is -1.80. The average Bonchev–Trinajstić information content (AvgIpc) is 2.76. The largest absolute Gasteiger partial charge is 0.370 e. The molecule has 0 spiro atoms. The number of rotatable bonds is 7. The lowest BCUT2D eigenvalue weighted by Gasteiger charge is -2.35. The van der Waals surface area contributed by atoms with E-state index in [1.165, 1.54) is 24.3 Å². The van der Waals surface area contributed by atoms with E-state index in [4.69, 9.17) is 27.9 Å². The summed E-state index contributed by atoms with van der Waals surface area (Å²) < 4.78 is 19.0. The van der Waals surface area contributed by atoms with Gasteiger partial charge in [-0.25, -0.2) is 4.39 Å². The summed E-state index contributed by atoms with van der Waals surface area (Å²) in [4.78, 5) is 27.7. The molecule has 0 aliphatic carbocycles. The molecule has 0 bridgehead atoms. The predicted molar refractivity (Wildman–Crippen MR) is 122 cm³/mol. The number of amides is 2. The van der Waals surface area contributed by atoms with E-state index < -0.39 is 11.9 Å². The van der Waals surface area contributed by atoms with Gasteiger partial charge in [0.2, 0.25) is 5.91 Å². The van der Waals surface area contributed by atoms with Crippen LogP contribution >= 0.6 is 35.0 Å². The van der Waals surface area contributed by atoms with Crippen LogP contribution in [0.2, 0.25) is 10.0 Å². The van der Waals surface area contributed by atoms with Gasteiger partial charge in [-0.05, 0) is 54.3 Å². The van der Waals surface area contributed by atoms with Crippen molar-refractivity contribution >= 4 is 46.8 Å². The Balaban J connectivity index is 1.72. The summed E-state index contributed by atoms with van der Waals surface area (Å²) in [6, 6.07) is 9.97. The molecule has 2 aromatic carbocycles. The SMILES string of the molecule is CSCCC(NC(=O)c1ccc(Cl)cc1Cl)C(=O)N1CCOC(c2ccc(F)cc2)C1. The number of halogens is 3. The maximum atomic E-state index is 13.3. The molecule has 5 nitrogen and oxygen atoms in total. The van der Waals surface area contributed by atoms with Gasteiger partial charge in [0, 0.05) is 11.6 Å². The lowest BCUT2D eigenvalue weighted by atomic mass is 10.1. The van der Waals surface area contributed by atoms with E-state index in [1.807, 2.05) is 6.26 Å². The van der Waals surface area contributed by atoms with Crippen molar-refractivity contribution in [2.45, 2.75) is 18.6 Å². The molecule has 2 amide bonds. The molecule has 1 aliphatic rings. The van der Waals surface area contributed by atoms with Crippen LogP contribution < -0.4 is 5.32 Å². The molecule has 1 aliphatic heterocycles. The molecular weight excluding hydrogens is 462 g/mol. The fraction of sp³-hybridized carbons (Fsp3) is 0.364. The minimum absolute atomic E-state index is 0.178. The summed E-state index contributed by atoms with van der Waals surface area (Å²) in [6.45, 7) is 1.11. The van der Waals surface area contributed by atoms with Gasteiger partial charge in [0.15, 0.2) is 0 Å². The van der Waals surface area contributed by atoms with Crippen molar-refractivity contribution in [1.82, 2.24) is 10.2 Å². The number of benzene rings is 2. The molecule has 1 heterocycles. The van der Waals surface area contributed by atoms with E-state index >= 15 is 0 Å². The summed E-state index contributed by atoms with van der Waals surface area (Å²) in [5.41, 5.74) is 1.07. The van der Waals surface area contributed by atoms with Crippen molar-refractivity contribution in [1.29, 1.82) is 0 Å². The van der Waals surface area contributed by atoms with Gasteiger partial charge in [0.05, 0.1) is 23.7 Å². The topological polar surface area (TPSA) is 58.6 Å². The van der Waals surface area contributed by atoms with Gasteiger partial charge >= 0.3 is 0 Å². The number of hydrogen-bond acceptors (Lipinski definition) is 4. The number of hydrogen-bond donors (Lipinski definition) is 1. The highest BCUT2D eigenvalue weighted by Crippen LogP contribution is 2.24. The van der Waals surface area contributed by atoms with E-state index in [0.29, 0.717) is 36.9 Å². The fourth-order valence-electron chi connectivity index (χ4n) is 3.35. The number of morpholine rings is 1. The van der Waals surface area contributed by atoms with Crippen LogP contribution in [0, 0.1) is 5.82 Å². The molecule has 3 rings (SSSR count). The molecule has 1 N–H and O–H groups in total. The van der Waals surface area contributed by atoms with Crippen molar-refractivity contribution in [2.75, 3.05) is 31.7 Å². The summed E-state index contributed by atoms with van der Waals surface area (Å²) in [5, 5.41) is 3.48. The van der Waals surface area contributed by atoms with E-state index in [2.05, 4.69) is 5.32 Å². The molecule has 0 aromatic heterocycles. The van der Waals surface area contributed by atoms with Crippen LogP contribution in [0.15, 0.2) is 42.5 Å². The predicted octanol–water partition coefficient (Wildman–Crippen LogP) is 4.58. The first kappa shape index (κ1) is 23.9. The van der Waals surface area contributed by atoms with Crippen molar-refractivity contribution in [3.63, 3.8) is 0 Å². The van der Waals surface area contributed by atoms with Gasteiger partial charge in [-0.3, -0.25) is 9.59 Å². The Kier molecular flexibility index (Phi) is 8.60. The third kappa shape index (κ3) is 6.35. The van der Waals surface area contributed by atoms with E-state index in [9.17, 15) is 14.0 Å². The molecule has 31 heavy (non-hydrogen) atoms. The molecule has 9 heteroatoms. The average molecular weight is 485 g/mol. The second kappa shape index (κ2) is 11.2. The van der Waals surface area contributed by atoms with Crippen LogP contribution in [-0.2, 0) is 9.53 Å². The van der Waals surface area contributed by atoms with E-state index in [0.717, 1.165) is 5.56 Å². The molecule has 1 saturated heterocycles. The lowest BCUT2D eigenvalue weighted by molar-refractivity contribution is -0.141. The number of nitrogens with one attached hydrogen (secondary N) is 1. The molecular formula is C22H23Cl2FN2O3S. The van der Waals surface area contributed by atoms with Crippen molar-refractivity contribution in [3.8, 4) is 0 Å². The van der Waals surface area contributed by atoms with Crippen LogP contribution in [-0.4, -0.2) is 54.5 Å². The Morgan fingerprint density at radius 1 is 1.26 bits per heavy atom. The minimum atomic E-state index is -0.696. The van der Waals surface area contributed by atoms with E-state index in [1.54, 1.807) is 34.9 Å². The van der Waals surface area contributed by atoms with Gasteiger partial charge in [-0.15, -0.1) is 0 Å². The maximum absolute atomic E-state index is 13.3. The highest BCUT2D eigenvalue weighted by Gasteiger charge is 2.31. The fourth-order valence-corrected chi connectivity index (χ4v) is 4.32. The number of carbonyl (C=O) groups is 2. The van der Waals surface area contributed by atoms with Crippen LogP contribution in [0.25, 0.3) is 0 Å². The molecule has 1 fully saturated rings. The lowest BCUT2D eigenvalue weighted by Crippen LogP contribution is -2.52. The van der Waals surface area contributed by atoms with Crippen LogP contribution in [0.1, 0.15) is 28.4 Å². The number of carbonyl (C=O) groups excluding carboxylic acids is 2. The highest BCUT2D eigenvalue weighted by atomic mass is 35.5. The molecule has 166 valence electrons. The number of thioether (sulfide) groups is 1. The summed E-state index contributed by atoms with van der Waals surface area (Å²) >= 11 is 13.7. The second-order valence-corrected chi connectivity index (χ2v) is 8.96. The van der Waals surface area contributed by atoms with Gasteiger partial charge in [0.1, 0.15) is 18.0 Å². The normalized spacial score (nSPS) is 17.3. The number of nitrogens with zero attached hydrogens (tertiary/aromatic N) is 1. The third-order valence-corrected chi connectivity index (χ3v) is 6.20.